The molecule has 0 atom stereocenters. The van der Waals surface area contributed by atoms with E-state index in [9.17, 15) is 14.3 Å². The molecule has 5 heteroatoms. The summed E-state index contributed by atoms with van der Waals surface area (Å²) in [4.78, 5) is 11.8. The number of carbonyl (C=O) groups excluding carboxylic acids is 1. The van der Waals surface area contributed by atoms with Crippen molar-refractivity contribution in [2.24, 2.45) is 0 Å². The number of rotatable bonds is 4. The third kappa shape index (κ3) is 4.03. The van der Waals surface area contributed by atoms with Crippen LogP contribution in [0.2, 0.25) is 0 Å². The maximum atomic E-state index is 13.1. The van der Waals surface area contributed by atoms with Gasteiger partial charge in [-0.05, 0) is 35.7 Å². The van der Waals surface area contributed by atoms with Gasteiger partial charge in [0.1, 0.15) is 5.82 Å². The lowest BCUT2D eigenvalue weighted by molar-refractivity contribution is 0.251. The number of nitrogens with one attached hydrogen (secondary N) is 2. The molecule has 110 valence electrons. The molecule has 2 aromatic carbocycles. The van der Waals surface area contributed by atoms with Gasteiger partial charge in [-0.3, -0.25) is 0 Å². The van der Waals surface area contributed by atoms with E-state index in [1.54, 1.807) is 19.1 Å². The Morgan fingerprint density at radius 1 is 1.19 bits per heavy atom. The van der Waals surface area contributed by atoms with Crippen LogP contribution < -0.4 is 10.6 Å². The van der Waals surface area contributed by atoms with Crippen LogP contribution in [0.25, 0.3) is 0 Å². The van der Waals surface area contributed by atoms with E-state index in [0.717, 1.165) is 16.7 Å². The number of halogens is 1. The Morgan fingerprint density at radius 3 is 2.62 bits per heavy atom. The second kappa shape index (κ2) is 6.85. The number of carbonyl (C=O) groups is 1. The van der Waals surface area contributed by atoms with E-state index in [1.807, 2.05) is 18.2 Å². The Bertz CT molecular complexity index is 644. The first kappa shape index (κ1) is 15.0. The Labute approximate surface area is 122 Å². The molecule has 2 amide bonds. The second-order valence-corrected chi connectivity index (χ2v) is 4.69. The van der Waals surface area contributed by atoms with Crippen LogP contribution >= 0.6 is 0 Å². The van der Waals surface area contributed by atoms with E-state index in [1.165, 1.54) is 12.1 Å². The minimum atomic E-state index is -0.420. The Kier molecular flexibility index (Phi) is 4.90. The fraction of sp³-hybridized carbons (Fsp3) is 0.188. The molecule has 0 aliphatic rings. The number of aliphatic hydroxyl groups is 1. The van der Waals surface area contributed by atoms with E-state index in [-0.39, 0.29) is 13.2 Å². The highest BCUT2D eigenvalue weighted by atomic mass is 19.1. The summed E-state index contributed by atoms with van der Waals surface area (Å²) in [5.41, 5.74) is 2.82. The van der Waals surface area contributed by atoms with Gasteiger partial charge in [0.05, 0.1) is 6.61 Å². The van der Waals surface area contributed by atoms with Crippen molar-refractivity contribution in [3.8, 4) is 0 Å². The van der Waals surface area contributed by atoms with Crippen LogP contribution in [-0.4, -0.2) is 11.1 Å². The van der Waals surface area contributed by atoms with Gasteiger partial charge in [0.15, 0.2) is 0 Å². The molecule has 0 heterocycles. The van der Waals surface area contributed by atoms with Crippen LogP contribution in [-0.2, 0) is 13.2 Å². The van der Waals surface area contributed by atoms with Gasteiger partial charge in [-0.25, -0.2) is 9.18 Å². The molecule has 4 nitrogen and oxygen atoms in total. The molecular formula is C16H17FN2O2. The van der Waals surface area contributed by atoms with Crippen molar-refractivity contribution in [3.63, 3.8) is 0 Å². The van der Waals surface area contributed by atoms with Crippen molar-refractivity contribution in [2.75, 3.05) is 5.32 Å². The van der Waals surface area contributed by atoms with Gasteiger partial charge in [0.25, 0.3) is 0 Å². The molecule has 21 heavy (non-hydrogen) atoms. The maximum absolute atomic E-state index is 13.1. The first-order valence-corrected chi connectivity index (χ1v) is 6.59. The van der Waals surface area contributed by atoms with E-state index in [0.29, 0.717) is 5.69 Å². The van der Waals surface area contributed by atoms with E-state index < -0.39 is 11.8 Å². The average Bonchev–Trinajstić information content (AvgIpc) is 2.49. The highest BCUT2D eigenvalue weighted by Crippen LogP contribution is 2.15. The number of hydrogen-bond donors (Lipinski definition) is 3. The van der Waals surface area contributed by atoms with E-state index in [2.05, 4.69) is 10.6 Å². The van der Waals surface area contributed by atoms with Gasteiger partial charge in [0.2, 0.25) is 0 Å². The summed E-state index contributed by atoms with van der Waals surface area (Å²) in [6, 6.07) is 11.1. The molecule has 0 aliphatic carbocycles. The van der Waals surface area contributed by atoms with Crippen LogP contribution in [0.4, 0.5) is 14.9 Å². The minimum absolute atomic E-state index is 0.0809. The van der Waals surface area contributed by atoms with Gasteiger partial charge in [0, 0.05) is 12.2 Å². The molecule has 0 aromatic heterocycles. The lowest BCUT2D eigenvalue weighted by atomic mass is 10.1. The van der Waals surface area contributed by atoms with Crippen LogP contribution in [0.5, 0.6) is 0 Å². The van der Waals surface area contributed by atoms with Crippen LogP contribution in [0.3, 0.4) is 0 Å². The quantitative estimate of drug-likeness (QED) is 0.810. The average molecular weight is 288 g/mol. The van der Waals surface area contributed by atoms with Gasteiger partial charge in [-0.2, -0.15) is 0 Å². The molecule has 0 radical (unpaired) electrons. The molecular weight excluding hydrogens is 271 g/mol. The summed E-state index contributed by atoms with van der Waals surface area (Å²) < 4.78 is 13.1. The number of urea groups is 1. The third-order valence-electron chi connectivity index (χ3n) is 3.18. The minimum Gasteiger partial charge on any atom is -0.392 e. The van der Waals surface area contributed by atoms with Crippen molar-refractivity contribution in [1.29, 1.82) is 0 Å². The zero-order chi connectivity index (χ0) is 15.2. The van der Waals surface area contributed by atoms with Gasteiger partial charge in [-0.15, -0.1) is 0 Å². The van der Waals surface area contributed by atoms with Gasteiger partial charge < -0.3 is 15.7 Å². The second-order valence-electron chi connectivity index (χ2n) is 4.69. The molecule has 2 aromatic rings. The first-order chi connectivity index (χ1) is 10.1. The fourth-order valence-corrected chi connectivity index (χ4v) is 1.96. The zero-order valence-corrected chi connectivity index (χ0v) is 11.7. The lowest BCUT2D eigenvalue weighted by Gasteiger charge is -2.11. The Morgan fingerprint density at radius 2 is 1.90 bits per heavy atom. The topological polar surface area (TPSA) is 61.4 Å². The smallest absolute Gasteiger partial charge is 0.319 e. The zero-order valence-electron chi connectivity index (χ0n) is 11.7. The van der Waals surface area contributed by atoms with Crippen molar-refractivity contribution < 1.29 is 14.3 Å². The van der Waals surface area contributed by atoms with Crippen molar-refractivity contribution in [3.05, 3.63) is 65.0 Å². The van der Waals surface area contributed by atoms with Gasteiger partial charge >= 0.3 is 6.03 Å². The largest absolute Gasteiger partial charge is 0.392 e. The molecule has 0 aliphatic heterocycles. The molecule has 0 spiro atoms. The Balaban J connectivity index is 1.97. The van der Waals surface area contributed by atoms with Crippen LogP contribution in [0.15, 0.2) is 42.5 Å². The standard InChI is InChI=1S/C16H17FN2O2/c1-11-6-7-14(17)8-15(11)19-16(21)18-9-12-4-2-3-5-13(12)10-20/h2-8,20H,9-10H2,1H3,(H2,18,19,21). The third-order valence-corrected chi connectivity index (χ3v) is 3.18. The molecule has 0 fully saturated rings. The summed E-state index contributed by atoms with van der Waals surface area (Å²) in [5.74, 6) is -0.401. The molecule has 0 saturated heterocycles. The summed E-state index contributed by atoms with van der Waals surface area (Å²) in [6.07, 6.45) is 0. The van der Waals surface area contributed by atoms with Crippen molar-refractivity contribution >= 4 is 11.7 Å². The predicted molar refractivity (Wildman–Crippen MR) is 79.4 cm³/mol. The highest BCUT2D eigenvalue weighted by Gasteiger charge is 2.07. The highest BCUT2D eigenvalue weighted by molar-refractivity contribution is 5.90. The Hall–Kier alpha value is -2.40. The summed E-state index contributed by atoms with van der Waals surface area (Å²) in [6.45, 7) is 2.00. The summed E-state index contributed by atoms with van der Waals surface area (Å²) >= 11 is 0. The molecule has 2 rings (SSSR count). The van der Waals surface area contributed by atoms with Gasteiger partial charge in [-0.1, -0.05) is 30.3 Å². The van der Waals surface area contributed by atoms with E-state index >= 15 is 0 Å². The lowest BCUT2D eigenvalue weighted by Crippen LogP contribution is -2.28. The molecule has 3 N–H and O–H groups in total. The number of benzene rings is 2. The number of hydrogen-bond acceptors (Lipinski definition) is 2. The van der Waals surface area contributed by atoms with Crippen LogP contribution in [0, 0.1) is 12.7 Å². The maximum Gasteiger partial charge on any atom is 0.319 e. The number of amides is 2. The first-order valence-electron chi connectivity index (χ1n) is 6.59. The monoisotopic (exact) mass is 288 g/mol. The number of aryl methyl sites for hydroxylation is 1. The number of aliphatic hydroxyl groups excluding tert-OH is 1. The SMILES string of the molecule is Cc1ccc(F)cc1NC(=O)NCc1ccccc1CO. The van der Waals surface area contributed by atoms with E-state index in [4.69, 9.17) is 0 Å². The summed E-state index contributed by atoms with van der Waals surface area (Å²) in [7, 11) is 0. The molecule has 0 bridgehead atoms. The predicted octanol–water partition coefficient (Wildman–Crippen LogP) is 2.95. The van der Waals surface area contributed by atoms with Crippen molar-refractivity contribution in [2.45, 2.75) is 20.1 Å². The van der Waals surface area contributed by atoms with Crippen LogP contribution in [0.1, 0.15) is 16.7 Å². The van der Waals surface area contributed by atoms with Crippen molar-refractivity contribution in [1.82, 2.24) is 5.32 Å². The number of anilines is 1. The molecule has 0 unspecified atom stereocenters. The summed E-state index contributed by atoms with van der Waals surface area (Å²) in [5, 5.41) is 14.5. The fourth-order valence-electron chi connectivity index (χ4n) is 1.96. The normalized spacial score (nSPS) is 10.2. The molecule has 0 saturated carbocycles.